The van der Waals surface area contributed by atoms with E-state index in [9.17, 15) is 4.79 Å². The summed E-state index contributed by atoms with van der Waals surface area (Å²) in [5.41, 5.74) is 0.582. The molecule has 0 bridgehead atoms. The Hall–Kier alpha value is -1.36. The van der Waals surface area contributed by atoms with Crippen LogP contribution in [0, 0.1) is 0 Å². The zero-order valence-corrected chi connectivity index (χ0v) is 6.69. The summed E-state index contributed by atoms with van der Waals surface area (Å²) in [6.45, 7) is -0.0860. The Morgan fingerprint density at radius 3 is 2.92 bits per heavy atom. The Labute approximate surface area is 69.2 Å². The quantitative estimate of drug-likeness (QED) is 0.650. The topological polar surface area (TPSA) is 75.4 Å². The van der Waals surface area contributed by atoms with Crippen molar-refractivity contribution in [2.24, 2.45) is 7.05 Å². The summed E-state index contributed by atoms with van der Waals surface area (Å²) in [4.78, 5) is 10.6. The predicted molar refractivity (Wildman–Crippen MR) is 41.0 cm³/mol. The highest BCUT2D eigenvalue weighted by Gasteiger charge is 2.12. The average Bonchev–Trinajstić information content (AvgIpc) is 2.32. The number of aromatic carboxylic acids is 1. The summed E-state index contributed by atoms with van der Waals surface area (Å²) in [7, 11) is 1.65. The number of carboxylic acids is 1. The Balaban J connectivity index is 2.99. The van der Waals surface area contributed by atoms with Gasteiger partial charge in [0.25, 0.3) is 0 Å². The SMILES string of the molecule is Cn1cc(C(=O)O)c(CCO)n1. The van der Waals surface area contributed by atoms with E-state index in [2.05, 4.69) is 5.10 Å². The fourth-order valence-corrected chi connectivity index (χ4v) is 1.00. The van der Waals surface area contributed by atoms with E-state index in [1.54, 1.807) is 7.05 Å². The number of aliphatic hydroxyl groups excluding tert-OH is 1. The fraction of sp³-hybridized carbons (Fsp3) is 0.429. The summed E-state index contributed by atoms with van der Waals surface area (Å²) in [6.07, 6.45) is 1.70. The number of aliphatic hydroxyl groups is 1. The molecule has 1 rings (SSSR count). The number of hydrogen-bond donors (Lipinski definition) is 2. The van der Waals surface area contributed by atoms with Crippen LogP contribution in [0.2, 0.25) is 0 Å². The van der Waals surface area contributed by atoms with Gasteiger partial charge in [0, 0.05) is 26.3 Å². The van der Waals surface area contributed by atoms with Crippen LogP contribution in [0.3, 0.4) is 0 Å². The molecule has 0 aliphatic heterocycles. The Morgan fingerprint density at radius 2 is 2.42 bits per heavy atom. The van der Waals surface area contributed by atoms with Gasteiger partial charge in [-0.15, -0.1) is 0 Å². The highest BCUT2D eigenvalue weighted by Crippen LogP contribution is 2.06. The highest BCUT2D eigenvalue weighted by atomic mass is 16.4. The molecule has 0 fully saturated rings. The lowest BCUT2D eigenvalue weighted by Crippen LogP contribution is -2.01. The smallest absolute Gasteiger partial charge is 0.339 e. The van der Waals surface area contributed by atoms with Crippen molar-refractivity contribution >= 4 is 5.97 Å². The van der Waals surface area contributed by atoms with E-state index < -0.39 is 5.97 Å². The molecule has 5 heteroatoms. The van der Waals surface area contributed by atoms with Crippen LogP contribution in [0.25, 0.3) is 0 Å². The number of hydrogen-bond acceptors (Lipinski definition) is 3. The van der Waals surface area contributed by atoms with Crippen molar-refractivity contribution in [3.05, 3.63) is 17.5 Å². The fourth-order valence-electron chi connectivity index (χ4n) is 1.00. The van der Waals surface area contributed by atoms with Crippen molar-refractivity contribution in [3.63, 3.8) is 0 Å². The molecule has 0 spiro atoms. The number of rotatable bonds is 3. The Morgan fingerprint density at radius 1 is 1.75 bits per heavy atom. The normalized spacial score (nSPS) is 10.2. The van der Waals surface area contributed by atoms with Gasteiger partial charge in [-0.1, -0.05) is 0 Å². The molecular weight excluding hydrogens is 160 g/mol. The van der Waals surface area contributed by atoms with Gasteiger partial charge < -0.3 is 10.2 Å². The maximum Gasteiger partial charge on any atom is 0.339 e. The minimum Gasteiger partial charge on any atom is -0.478 e. The van der Waals surface area contributed by atoms with Crippen LogP contribution < -0.4 is 0 Å². The van der Waals surface area contributed by atoms with Gasteiger partial charge in [0.1, 0.15) is 5.56 Å². The van der Waals surface area contributed by atoms with E-state index in [-0.39, 0.29) is 18.6 Å². The minimum absolute atomic E-state index is 0.0860. The van der Waals surface area contributed by atoms with Crippen molar-refractivity contribution in [1.82, 2.24) is 9.78 Å². The van der Waals surface area contributed by atoms with Crippen LogP contribution in [-0.4, -0.2) is 32.6 Å². The molecule has 0 unspecified atom stereocenters. The number of carbonyl (C=O) groups is 1. The standard InChI is InChI=1S/C7H10N2O3/c1-9-4-5(7(11)12)6(8-9)2-3-10/h4,10H,2-3H2,1H3,(H,11,12). The van der Waals surface area contributed by atoms with Gasteiger partial charge in [-0.3, -0.25) is 4.68 Å². The number of carboxylic acid groups (broad SMARTS) is 1. The third kappa shape index (κ3) is 1.62. The summed E-state index contributed by atoms with van der Waals surface area (Å²) < 4.78 is 1.43. The number of nitrogens with zero attached hydrogens (tertiary/aromatic N) is 2. The van der Waals surface area contributed by atoms with Crippen LogP contribution in [0.4, 0.5) is 0 Å². The zero-order chi connectivity index (χ0) is 9.14. The Kier molecular flexibility index (Phi) is 2.44. The molecule has 0 aliphatic carbocycles. The minimum atomic E-state index is -1.01. The summed E-state index contributed by atoms with van der Waals surface area (Å²) >= 11 is 0. The molecule has 0 amide bonds. The van der Waals surface area contributed by atoms with Crippen molar-refractivity contribution in [2.45, 2.75) is 6.42 Å². The maximum absolute atomic E-state index is 10.6. The van der Waals surface area contributed by atoms with E-state index in [4.69, 9.17) is 10.2 Å². The van der Waals surface area contributed by atoms with Gasteiger partial charge >= 0.3 is 5.97 Å². The van der Waals surface area contributed by atoms with Gasteiger partial charge in [-0.25, -0.2) is 4.79 Å². The third-order valence-corrected chi connectivity index (χ3v) is 1.48. The lowest BCUT2D eigenvalue weighted by atomic mass is 10.2. The molecule has 5 nitrogen and oxygen atoms in total. The molecule has 0 saturated heterocycles. The van der Waals surface area contributed by atoms with Crippen LogP contribution in [0.15, 0.2) is 6.20 Å². The van der Waals surface area contributed by atoms with Gasteiger partial charge in [0.15, 0.2) is 0 Å². The molecular formula is C7H10N2O3. The van der Waals surface area contributed by atoms with Crippen LogP contribution in [0.1, 0.15) is 16.1 Å². The monoisotopic (exact) mass is 170 g/mol. The van der Waals surface area contributed by atoms with Crippen LogP contribution in [-0.2, 0) is 13.5 Å². The highest BCUT2D eigenvalue weighted by molar-refractivity contribution is 5.88. The van der Waals surface area contributed by atoms with Gasteiger partial charge in [0.05, 0.1) is 5.69 Å². The van der Waals surface area contributed by atoms with Crippen molar-refractivity contribution in [1.29, 1.82) is 0 Å². The lowest BCUT2D eigenvalue weighted by molar-refractivity contribution is 0.0695. The molecule has 0 aliphatic rings. The third-order valence-electron chi connectivity index (χ3n) is 1.48. The Bertz CT molecular complexity index is 293. The molecule has 12 heavy (non-hydrogen) atoms. The number of aromatic nitrogens is 2. The summed E-state index contributed by atoms with van der Waals surface area (Å²) in [6, 6.07) is 0. The first-order valence-electron chi connectivity index (χ1n) is 3.52. The maximum atomic E-state index is 10.6. The van der Waals surface area contributed by atoms with Gasteiger partial charge in [-0.05, 0) is 0 Å². The van der Waals surface area contributed by atoms with E-state index in [0.29, 0.717) is 5.69 Å². The molecule has 0 saturated carbocycles. The van der Waals surface area contributed by atoms with E-state index in [1.165, 1.54) is 10.9 Å². The van der Waals surface area contributed by atoms with E-state index >= 15 is 0 Å². The molecule has 1 aromatic heterocycles. The second kappa shape index (κ2) is 3.36. The predicted octanol–water partition coefficient (Wildman–Crippen LogP) is -0.347. The lowest BCUT2D eigenvalue weighted by Gasteiger charge is -1.92. The van der Waals surface area contributed by atoms with Gasteiger partial charge in [-0.2, -0.15) is 5.10 Å². The molecule has 1 aromatic rings. The first-order chi connectivity index (χ1) is 5.65. The van der Waals surface area contributed by atoms with E-state index in [1.807, 2.05) is 0 Å². The molecule has 0 radical (unpaired) electrons. The van der Waals surface area contributed by atoms with Crippen molar-refractivity contribution < 1.29 is 15.0 Å². The van der Waals surface area contributed by atoms with Gasteiger partial charge in [0.2, 0.25) is 0 Å². The van der Waals surface area contributed by atoms with Crippen molar-refractivity contribution in [2.75, 3.05) is 6.61 Å². The first kappa shape index (κ1) is 8.73. The molecule has 0 atom stereocenters. The molecule has 66 valence electrons. The summed E-state index contributed by atoms with van der Waals surface area (Å²) in [5, 5.41) is 21.2. The molecule has 1 heterocycles. The largest absolute Gasteiger partial charge is 0.478 e. The van der Waals surface area contributed by atoms with Crippen molar-refractivity contribution in [3.8, 4) is 0 Å². The summed E-state index contributed by atoms with van der Waals surface area (Å²) in [5.74, 6) is -1.01. The molecule has 0 aromatic carbocycles. The zero-order valence-electron chi connectivity index (χ0n) is 6.69. The first-order valence-corrected chi connectivity index (χ1v) is 3.52. The van der Waals surface area contributed by atoms with Crippen LogP contribution in [0.5, 0.6) is 0 Å². The second-order valence-electron chi connectivity index (χ2n) is 2.44. The molecule has 2 N–H and O–H groups in total. The average molecular weight is 170 g/mol. The van der Waals surface area contributed by atoms with Crippen LogP contribution >= 0.6 is 0 Å². The number of aryl methyl sites for hydroxylation is 1. The second-order valence-corrected chi connectivity index (χ2v) is 2.44. The van der Waals surface area contributed by atoms with E-state index in [0.717, 1.165) is 0 Å².